The minimum atomic E-state index is -3.65. The second-order valence-corrected chi connectivity index (χ2v) is 9.16. The molecule has 27 heavy (non-hydrogen) atoms. The Balaban J connectivity index is 1.94. The minimum absolute atomic E-state index is 0.246. The van der Waals surface area contributed by atoms with Crippen molar-refractivity contribution in [2.75, 3.05) is 7.11 Å². The van der Waals surface area contributed by atoms with Gasteiger partial charge in [-0.2, -0.15) is 0 Å². The first-order valence-electron chi connectivity index (χ1n) is 8.07. The third kappa shape index (κ3) is 3.43. The lowest BCUT2D eigenvalue weighted by Crippen LogP contribution is -2.18. The number of ether oxygens (including phenoxy) is 2. The average molecular weight is 422 g/mol. The second kappa shape index (κ2) is 6.83. The predicted molar refractivity (Wildman–Crippen MR) is 107 cm³/mol. The van der Waals surface area contributed by atoms with E-state index in [0.29, 0.717) is 22.1 Å². The van der Waals surface area contributed by atoms with E-state index in [9.17, 15) is 8.42 Å². The fourth-order valence-electron chi connectivity index (χ4n) is 3.30. The third-order valence-corrected chi connectivity index (χ3v) is 6.51. The van der Waals surface area contributed by atoms with Crippen LogP contribution in [0.15, 0.2) is 47.8 Å². The van der Waals surface area contributed by atoms with E-state index in [1.807, 2.05) is 41.8 Å². The number of hydrogen-bond acceptors (Lipinski definition) is 5. The van der Waals surface area contributed by atoms with E-state index in [1.54, 1.807) is 13.2 Å². The quantitative estimate of drug-likeness (QED) is 0.679. The van der Waals surface area contributed by atoms with Crippen molar-refractivity contribution >= 4 is 33.0 Å². The highest BCUT2D eigenvalue weighted by molar-refractivity contribution is 7.88. The van der Waals surface area contributed by atoms with E-state index in [1.165, 1.54) is 11.3 Å². The lowest BCUT2D eigenvalue weighted by molar-refractivity contribution is 0.246. The molecule has 0 saturated carbocycles. The van der Waals surface area contributed by atoms with Gasteiger partial charge in [-0.3, -0.25) is 0 Å². The molecule has 0 bridgehead atoms. The van der Waals surface area contributed by atoms with Gasteiger partial charge in [-0.1, -0.05) is 35.9 Å². The minimum Gasteiger partial charge on any atom is -0.496 e. The van der Waals surface area contributed by atoms with E-state index in [0.717, 1.165) is 21.6 Å². The van der Waals surface area contributed by atoms with Crippen molar-refractivity contribution in [2.24, 2.45) is 5.14 Å². The summed E-state index contributed by atoms with van der Waals surface area (Å²) in [5.41, 5.74) is 3.18. The number of fused-ring (bicyclic) bond motifs is 3. The first-order chi connectivity index (χ1) is 12.9. The number of halogens is 1. The largest absolute Gasteiger partial charge is 0.496 e. The molecule has 0 saturated heterocycles. The Morgan fingerprint density at radius 3 is 2.74 bits per heavy atom. The van der Waals surface area contributed by atoms with Gasteiger partial charge in [-0.25, -0.2) is 13.6 Å². The zero-order chi connectivity index (χ0) is 19.2. The Morgan fingerprint density at radius 2 is 2.07 bits per heavy atom. The van der Waals surface area contributed by atoms with Crippen LogP contribution in [0.5, 0.6) is 11.5 Å². The number of thiophene rings is 1. The summed E-state index contributed by atoms with van der Waals surface area (Å²) >= 11 is 7.85. The smallest absolute Gasteiger partial charge is 0.213 e. The summed E-state index contributed by atoms with van der Waals surface area (Å²) in [6.45, 7) is 0. The number of nitrogens with two attached hydrogens (primary N) is 1. The molecule has 0 spiro atoms. The number of rotatable bonds is 4. The number of primary sulfonamides is 1. The van der Waals surface area contributed by atoms with Crippen molar-refractivity contribution in [3.63, 3.8) is 0 Å². The summed E-state index contributed by atoms with van der Waals surface area (Å²) in [5, 5.41) is 7.73. The molecule has 8 heteroatoms. The molecule has 0 radical (unpaired) electrons. The highest BCUT2D eigenvalue weighted by Crippen LogP contribution is 2.50. The third-order valence-electron chi connectivity index (χ3n) is 4.37. The zero-order valence-electron chi connectivity index (χ0n) is 14.3. The Morgan fingerprint density at radius 1 is 1.26 bits per heavy atom. The number of sulfonamides is 1. The molecular formula is C19H16ClNO4S2. The van der Waals surface area contributed by atoms with Gasteiger partial charge < -0.3 is 9.47 Å². The highest BCUT2D eigenvalue weighted by Gasteiger charge is 2.32. The molecule has 1 aliphatic heterocycles. The molecule has 1 unspecified atom stereocenters. The summed E-state index contributed by atoms with van der Waals surface area (Å²) in [7, 11) is -2.04. The van der Waals surface area contributed by atoms with E-state index < -0.39 is 16.1 Å². The molecular weight excluding hydrogens is 406 g/mol. The van der Waals surface area contributed by atoms with Crippen molar-refractivity contribution in [1.29, 1.82) is 0 Å². The SMILES string of the molecule is COc1cccc2c1-c1ccc(CS(N)(=O)=O)cc1C(c1sccc1Cl)O2. The van der Waals surface area contributed by atoms with Crippen LogP contribution in [-0.2, 0) is 15.8 Å². The topological polar surface area (TPSA) is 78.6 Å². The van der Waals surface area contributed by atoms with Crippen molar-refractivity contribution in [3.05, 3.63) is 68.9 Å². The molecule has 0 aliphatic carbocycles. The zero-order valence-corrected chi connectivity index (χ0v) is 16.7. The van der Waals surface area contributed by atoms with Gasteiger partial charge in [-0.05, 0) is 34.7 Å². The van der Waals surface area contributed by atoms with E-state index in [2.05, 4.69) is 0 Å². The van der Waals surface area contributed by atoms with Crippen LogP contribution in [0.1, 0.15) is 22.1 Å². The summed E-state index contributed by atoms with van der Waals surface area (Å²) in [6.07, 6.45) is -0.437. The number of hydrogen-bond donors (Lipinski definition) is 1. The van der Waals surface area contributed by atoms with E-state index in [-0.39, 0.29) is 5.75 Å². The maximum Gasteiger partial charge on any atom is 0.213 e. The maximum absolute atomic E-state index is 11.5. The standard InChI is InChI=1S/C19H16ClNO4S2/c1-24-15-3-2-4-16-17(15)12-6-5-11(10-27(21,22)23)9-13(12)18(25-16)19-14(20)7-8-26-19/h2-9,18H,10H2,1H3,(H2,21,22,23). The summed E-state index contributed by atoms with van der Waals surface area (Å²) < 4.78 is 34.9. The second-order valence-electron chi connectivity index (χ2n) is 6.19. The molecule has 2 heterocycles. The van der Waals surface area contributed by atoms with Gasteiger partial charge in [0, 0.05) is 5.56 Å². The van der Waals surface area contributed by atoms with Crippen molar-refractivity contribution in [1.82, 2.24) is 0 Å². The van der Waals surface area contributed by atoms with Crippen LogP contribution >= 0.6 is 22.9 Å². The summed E-state index contributed by atoms with van der Waals surface area (Å²) in [5.74, 6) is 1.13. The van der Waals surface area contributed by atoms with Gasteiger partial charge in [0.1, 0.15) is 11.5 Å². The van der Waals surface area contributed by atoms with Gasteiger partial charge in [0.25, 0.3) is 0 Å². The first-order valence-corrected chi connectivity index (χ1v) is 11.0. The van der Waals surface area contributed by atoms with Crippen LogP contribution in [0.4, 0.5) is 0 Å². The van der Waals surface area contributed by atoms with Crippen LogP contribution in [0, 0.1) is 0 Å². The molecule has 5 nitrogen and oxygen atoms in total. The first kappa shape index (κ1) is 18.3. The lowest BCUT2D eigenvalue weighted by Gasteiger charge is -2.30. The predicted octanol–water partition coefficient (Wildman–Crippen LogP) is 4.35. The molecule has 1 aromatic heterocycles. The lowest BCUT2D eigenvalue weighted by atomic mass is 9.90. The van der Waals surface area contributed by atoms with Crippen molar-refractivity contribution in [2.45, 2.75) is 11.9 Å². The molecule has 1 atom stereocenters. The van der Waals surface area contributed by atoms with Gasteiger partial charge in [-0.15, -0.1) is 11.3 Å². The monoisotopic (exact) mass is 421 g/mol. The Labute approximate surface area is 166 Å². The number of methoxy groups -OCH3 is 1. The van der Waals surface area contributed by atoms with Gasteiger partial charge in [0.15, 0.2) is 6.10 Å². The van der Waals surface area contributed by atoms with Crippen LogP contribution in [0.3, 0.4) is 0 Å². The van der Waals surface area contributed by atoms with Crippen molar-refractivity contribution < 1.29 is 17.9 Å². The Kier molecular flexibility index (Phi) is 4.63. The maximum atomic E-state index is 11.5. The fourth-order valence-corrected chi connectivity index (χ4v) is 5.15. The van der Waals surface area contributed by atoms with Crippen LogP contribution in [0.2, 0.25) is 5.02 Å². The summed E-state index contributed by atoms with van der Waals surface area (Å²) in [6, 6.07) is 12.9. The molecule has 1 aliphatic rings. The number of benzene rings is 2. The molecule has 3 aromatic rings. The Hall–Kier alpha value is -2.06. The van der Waals surface area contributed by atoms with E-state index in [4.69, 9.17) is 26.2 Å². The Bertz CT molecular complexity index is 1120. The van der Waals surface area contributed by atoms with Gasteiger partial charge in [0.05, 0.1) is 28.3 Å². The van der Waals surface area contributed by atoms with Crippen molar-refractivity contribution in [3.8, 4) is 22.6 Å². The highest BCUT2D eigenvalue weighted by atomic mass is 35.5. The summed E-state index contributed by atoms with van der Waals surface area (Å²) in [4.78, 5) is 0.860. The normalized spacial score (nSPS) is 15.6. The van der Waals surface area contributed by atoms with Gasteiger partial charge in [0.2, 0.25) is 10.0 Å². The van der Waals surface area contributed by atoms with Crippen LogP contribution in [-0.4, -0.2) is 15.5 Å². The molecule has 2 N–H and O–H groups in total. The molecule has 0 amide bonds. The molecule has 2 aromatic carbocycles. The fraction of sp³-hybridized carbons (Fsp3) is 0.158. The van der Waals surface area contributed by atoms with Gasteiger partial charge >= 0.3 is 0 Å². The van der Waals surface area contributed by atoms with Crippen LogP contribution < -0.4 is 14.6 Å². The molecule has 4 rings (SSSR count). The molecule has 140 valence electrons. The van der Waals surface area contributed by atoms with Crippen LogP contribution in [0.25, 0.3) is 11.1 Å². The average Bonchev–Trinajstić information content (AvgIpc) is 3.04. The molecule has 0 fully saturated rings. The van der Waals surface area contributed by atoms with E-state index >= 15 is 0 Å².